The lowest BCUT2D eigenvalue weighted by atomic mass is 10.2. The number of phenolic OH excluding ortho intramolecular Hbond substituents is 1. The van der Waals surface area contributed by atoms with Crippen LogP contribution in [0.2, 0.25) is 5.02 Å². The van der Waals surface area contributed by atoms with E-state index in [1.807, 2.05) is 27.4 Å². The quantitative estimate of drug-likeness (QED) is 0.294. The van der Waals surface area contributed by atoms with E-state index in [2.05, 4.69) is 5.10 Å². The first-order valence-corrected chi connectivity index (χ1v) is 9.12. The molecule has 0 aromatic heterocycles. The van der Waals surface area contributed by atoms with Crippen molar-refractivity contribution in [2.75, 3.05) is 0 Å². The molecule has 0 unspecified atom stereocenters. The van der Waals surface area contributed by atoms with Crippen LogP contribution in [0.5, 0.6) is 5.75 Å². The number of hydrazone groups is 1. The molecular weight excluding hydrogens is 473 g/mol. The van der Waals surface area contributed by atoms with Crippen molar-refractivity contribution in [3.8, 4) is 5.75 Å². The maximum absolute atomic E-state index is 12.0. The minimum absolute atomic E-state index is 0.00686. The second kappa shape index (κ2) is 7.32. The minimum atomic E-state index is -3.92. The molecule has 2 rings (SSSR count). The first-order valence-electron chi connectivity index (χ1n) is 6.18. The third kappa shape index (κ3) is 4.33. The Balaban J connectivity index is 2.26. The highest BCUT2D eigenvalue weighted by atomic mass is 127. The highest BCUT2D eigenvalue weighted by Gasteiger charge is 2.18. The molecule has 0 radical (unpaired) electrons. The van der Waals surface area contributed by atoms with Crippen LogP contribution in [-0.2, 0) is 10.0 Å². The van der Waals surface area contributed by atoms with Crippen LogP contribution in [0.3, 0.4) is 0 Å². The third-order valence-electron chi connectivity index (χ3n) is 2.78. The van der Waals surface area contributed by atoms with Gasteiger partial charge >= 0.3 is 5.69 Å². The predicted molar refractivity (Wildman–Crippen MR) is 96.8 cm³/mol. The maximum atomic E-state index is 12.0. The molecule has 2 aromatic carbocycles. The number of aromatic hydroxyl groups is 1. The van der Waals surface area contributed by atoms with Gasteiger partial charge in [-0.1, -0.05) is 11.6 Å². The molecule has 0 heterocycles. The molecule has 0 saturated carbocycles. The molecule has 2 aromatic rings. The van der Waals surface area contributed by atoms with Crippen LogP contribution in [0, 0.1) is 13.7 Å². The summed E-state index contributed by atoms with van der Waals surface area (Å²) in [4.78, 5) is 12.0. The van der Waals surface area contributed by atoms with Crippen LogP contribution < -0.4 is 4.83 Å². The number of hydrogen-bond donors (Lipinski definition) is 2. The molecule has 24 heavy (non-hydrogen) atoms. The highest BCUT2D eigenvalue weighted by Crippen LogP contribution is 2.30. The molecule has 0 bridgehead atoms. The zero-order chi connectivity index (χ0) is 17.9. The SMILES string of the molecule is O=[N+]([O-])c1cc(I)cc(/C=N\NS(=O)(=O)c2ccc(Cl)cc2)c1O. The Morgan fingerprint density at radius 1 is 1.29 bits per heavy atom. The van der Waals surface area contributed by atoms with E-state index in [-0.39, 0.29) is 10.5 Å². The van der Waals surface area contributed by atoms with Gasteiger partial charge in [0.25, 0.3) is 10.0 Å². The third-order valence-corrected chi connectivity index (χ3v) is 4.89. The van der Waals surface area contributed by atoms with E-state index in [0.717, 1.165) is 6.21 Å². The number of benzene rings is 2. The molecule has 0 saturated heterocycles. The average molecular weight is 482 g/mol. The molecular formula is C13H9ClIN3O5S. The Morgan fingerprint density at radius 2 is 1.92 bits per heavy atom. The van der Waals surface area contributed by atoms with Crippen molar-refractivity contribution in [1.29, 1.82) is 0 Å². The number of sulfonamides is 1. The second-order valence-corrected chi connectivity index (χ2v) is 7.77. The van der Waals surface area contributed by atoms with Crippen molar-refractivity contribution < 1.29 is 18.4 Å². The number of phenols is 1. The monoisotopic (exact) mass is 481 g/mol. The van der Waals surface area contributed by atoms with E-state index in [9.17, 15) is 23.6 Å². The standard InChI is InChI=1S/C13H9ClIN3O5S/c14-9-1-3-11(4-2-9)24(22,23)17-16-7-8-5-10(15)6-12(13(8)19)18(20)21/h1-7,17,19H/b16-7-. The topological polar surface area (TPSA) is 122 Å². The summed E-state index contributed by atoms with van der Waals surface area (Å²) >= 11 is 7.52. The molecule has 0 fully saturated rings. The van der Waals surface area contributed by atoms with Crippen molar-refractivity contribution in [1.82, 2.24) is 4.83 Å². The summed E-state index contributed by atoms with van der Waals surface area (Å²) in [6, 6.07) is 8.03. The van der Waals surface area contributed by atoms with Crippen LogP contribution in [0.4, 0.5) is 5.69 Å². The zero-order valence-electron chi connectivity index (χ0n) is 11.7. The van der Waals surface area contributed by atoms with Crippen LogP contribution in [-0.4, -0.2) is 24.7 Å². The van der Waals surface area contributed by atoms with Gasteiger partial charge in [0.15, 0.2) is 0 Å². The van der Waals surface area contributed by atoms with Crippen LogP contribution in [0.15, 0.2) is 46.4 Å². The first kappa shape index (κ1) is 18.4. The number of nitro benzene ring substituents is 1. The van der Waals surface area contributed by atoms with Gasteiger partial charge in [-0.2, -0.15) is 13.5 Å². The summed E-state index contributed by atoms with van der Waals surface area (Å²) in [7, 11) is -3.92. The number of hydrogen-bond acceptors (Lipinski definition) is 6. The summed E-state index contributed by atoms with van der Waals surface area (Å²) in [5, 5.41) is 24.6. The Labute approximate surface area is 155 Å². The van der Waals surface area contributed by atoms with E-state index in [1.54, 1.807) is 0 Å². The molecule has 0 amide bonds. The van der Waals surface area contributed by atoms with E-state index in [0.29, 0.717) is 8.59 Å². The van der Waals surface area contributed by atoms with Crippen LogP contribution in [0.25, 0.3) is 0 Å². The van der Waals surface area contributed by atoms with Crippen molar-refractivity contribution in [2.45, 2.75) is 4.90 Å². The molecule has 0 spiro atoms. The summed E-state index contributed by atoms with van der Waals surface area (Å²) in [5.41, 5.74) is -0.490. The largest absolute Gasteiger partial charge is 0.502 e. The molecule has 0 aliphatic carbocycles. The second-order valence-electron chi connectivity index (χ2n) is 4.43. The van der Waals surface area contributed by atoms with E-state index >= 15 is 0 Å². The van der Waals surface area contributed by atoms with Crippen molar-refractivity contribution in [3.63, 3.8) is 0 Å². The van der Waals surface area contributed by atoms with Crippen LogP contribution in [0.1, 0.15) is 5.56 Å². The number of halogens is 2. The Bertz CT molecular complexity index is 916. The Kier molecular flexibility index (Phi) is 5.62. The fourth-order valence-electron chi connectivity index (χ4n) is 1.67. The lowest BCUT2D eigenvalue weighted by Gasteiger charge is -2.04. The van der Waals surface area contributed by atoms with Crippen LogP contribution >= 0.6 is 34.2 Å². The summed E-state index contributed by atoms with van der Waals surface area (Å²) < 4.78 is 24.5. The lowest BCUT2D eigenvalue weighted by Crippen LogP contribution is -2.18. The Hall–Kier alpha value is -1.92. The van der Waals surface area contributed by atoms with Gasteiger partial charge in [-0.3, -0.25) is 10.1 Å². The van der Waals surface area contributed by atoms with E-state index in [1.165, 1.54) is 36.4 Å². The fraction of sp³-hybridized carbons (Fsp3) is 0. The van der Waals surface area contributed by atoms with Crippen molar-refractivity contribution in [2.24, 2.45) is 5.10 Å². The number of nitrogens with zero attached hydrogens (tertiary/aromatic N) is 2. The Morgan fingerprint density at radius 3 is 2.50 bits per heavy atom. The average Bonchev–Trinajstić information content (AvgIpc) is 2.50. The van der Waals surface area contributed by atoms with Gasteiger partial charge in [0.2, 0.25) is 5.75 Å². The molecule has 8 nitrogen and oxygen atoms in total. The smallest absolute Gasteiger partial charge is 0.312 e. The van der Waals surface area contributed by atoms with Gasteiger partial charge in [0.05, 0.1) is 16.0 Å². The molecule has 0 aliphatic rings. The van der Waals surface area contributed by atoms with Crippen molar-refractivity contribution >= 4 is 56.1 Å². The van der Waals surface area contributed by atoms with Gasteiger partial charge in [-0.15, -0.1) is 0 Å². The summed E-state index contributed by atoms with van der Waals surface area (Å²) in [6.45, 7) is 0. The van der Waals surface area contributed by atoms with Gasteiger partial charge in [0, 0.05) is 20.2 Å². The highest BCUT2D eigenvalue weighted by molar-refractivity contribution is 14.1. The van der Waals surface area contributed by atoms with Gasteiger partial charge in [-0.05, 0) is 52.9 Å². The van der Waals surface area contributed by atoms with Gasteiger partial charge in [0.1, 0.15) is 0 Å². The molecule has 0 aliphatic heterocycles. The van der Waals surface area contributed by atoms with Gasteiger partial charge < -0.3 is 5.11 Å². The molecule has 126 valence electrons. The number of nitrogens with one attached hydrogen (secondary N) is 1. The van der Waals surface area contributed by atoms with E-state index < -0.39 is 26.4 Å². The fourth-order valence-corrected chi connectivity index (χ4v) is 3.22. The predicted octanol–water partition coefficient (Wildman–Crippen LogP) is 2.87. The summed E-state index contributed by atoms with van der Waals surface area (Å²) in [5.74, 6) is -0.602. The first-order chi connectivity index (χ1) is 11.2. The number of rotatable bonds is 5. The molecule has 2 N–H and O–H groups in total. The maximum Gasteiger partial charge on any atom is 0.312 e. The van der Waals surface area contributed by atoms with Crippen molar-refractivity contribution in [3.05, 3.63) is 60.7 Å². The van der Waals surface area contributed by atoms with E-state index in [4.69, 9.17) is 11.6 Å². The normalized spacial score (nSPS) is 11.6. The lowest BCUT2D eigenvalue weighted by molar-refractivity contribution is -0.386. The minimum Gasteiger partial charge on any atom is -0.502 e. The number of nitro groups is 1. The van der Waals surface area contributed by atoms with Gasteiger partial charge in [-0.25, -0.2) is 4.83 Å². The molecule has 11 heteroatoms. The summed E-state index contributed by atoms with van der Waals surface area (Å²) in [6.07, 6.45) is 0.984. The zero-order valence-corrected chi connectivity index (χ0v) is 15.4. The molecule has 0 atom stereocenters.